The Morgan fingerprint density at radius 3 is 2.54 bits per heavy atom. The summed E-state index contributed by atoms with van der Waals surface area (Å²) >= 11 is 0. The van der Waals surface area contributed by atoms with E-state index >= 15 is 0 Å². The fourth-order valence-electron chi connectivity index (χ4n) is 2.21. The molecule has 7 nitrogen and oxygen atoms in total. The largest absolute Gasteiger partial charge is 0.380 e. The molecule has 0 saturated heterocycles. The van der Waals surface area contributed by atoms with E-state index in [1.807, 2.05) is 18.2 Å². The third-order valence-corrected chi connectivity index (χ3v) is 4.86. The van der Waals surface area contributed by atoms with Crippen LogP contribution in [0.1, 0.15) is 16.7 Å². The van der Waals surface area contributed by atoms with E-state index in [2.05, 4.69) is 4.72 Å². The van der Waals surface area contributed by atoms with E-state index < -0.39 is 14.9 Å². The van der Waals surface area contributed by atoms with Crippen molar-refractivity contribution in [2.75, 3.05) is 7.11 Å². The van der Waals surface area contributed by atoms with Crippen LogP contribution in [0.4, 0.5) is 5.69 Å². The monoisotopic (exact) mass is 350 g/mol. The first kappa shape index (κ1) is 18.1. The van der Waals surface area contributed by atoms with Crippen LogP contribution >= 0.6 is 0 Å². The Balaban J connectivity index is 2.18. The maximum Gasteiger partial charge on any atom is 0.273 e. The second kappa shape index (κ2) is 7.52. The number of sulfonamides is 1. The number of nitrogens with zero attached hydrogens (tertiary/aromatic N) is 1. The molecule has 0 bridgehead atoms. The standard InChI is InChI=1S/C16H18N2O5S/c1-12-6-7-15(9-16(12)18(19)20)24(21,22)17-10-13-4-3-5-14(8-13)11-23-2/h3-9,17H,10-11H2,1-2H3. The van der Waals surface area contributed by atoms with Gasteiger partial charge in [-0.2, -0.15) is 0 Å². The molecule has 0 aliphatic rings. The highest BCUT2D eigenvalue weighted by atomic mass is 32.2. The van der Waals surface area contributed by atoms with Gasteiger partial charge in [0.15, 0.2) is 0 Å². The summed E-state index contributed by atoms with van der Waals surface area (Å²) in [5.41, 5.74) is 1.89. The van der Waals surface area contributed by atoms with E-state index in [0.717, 1.165) is 17.2 Å². The van der Waals surface area contributed by atoms with Crippen molar-refractivity contribution in [1.82, 2.24) is 4.72 Å². The van der Waals surface area contributed by atoms with Crippen LogP contribution < -0.4 is 4.72 Å². The van der Waals surface area contributed by atoms with Crippen LogP contribution in [-0.2, 0) is 27.9 Å². The van der Waals surface area contributed by atoms with Gasteiger partial charge in [-0.25, -0.2) is 13.1 Å². The van der Waals surface area contributed by atoms with Crippen molar-refractivity contribution >= 4 is 15.7 Å². The van der Waals surface area contributed by atoms with Gasteiger partial charge in [-0.3, -0.25) is 10.1 Å². The summed E-state index contributed by atoms with van der Waals surface area (Å²) in [6, 6.07) is 11.2. The molecule has 0 aromatic heterocycles. The van der Waals surface area contributed by atoms with Gasteiger partial charge in [-0.1, -0.05) is 30.3 Å². The van der Waals surface area contributed by atoms with Gasteiger partial charge < -0.3 is 4.74 Å². The molecule has 0 spiro atoms. The Labute approximate surface area is 140 Å². The van der Waals surface area contributed by atoms with Gasteiger partial charge in [0.05, 0.1) is 16.4 Å². The number of methoxy groups -OCH3 is 1. The first-order valence-corrected chi connectivity index (χ1v) is 8.63. The number of aryl methyl sites for hydroxylation is 1. The number of ether oxygens (including phenoxy) is 1. The Hall–Kier alpha value is -2.29. The number of nitro groups is 1. The molecule has 0 fully saturated rings. The van der Waals surface area contributed by atoms with E-state index in [9.17, 15) is 18.5 Å². The molecule has 0 unspecified atom stereocenters. The molecule has 0 aliphatic heterocycles. The van der Waals surface area contributed by atoms with Crippen LogP contribution in [0.5, 0.6) is 0 Å². The third kappa shape index (κ3) is 4.38. The Morgan fingerprint density at radius 1 is 1.17 bits per heavy atom. The quantitative estimate of drug-likeness (QED) is 0.611. The minimum atomic E-state index is -3.84. The molecule has 0 radical (unpaired) electrons. The Morgan fingerprint density at radius 2 is 1.88 bits per heavy atom. The lowest BCUT2D eigenvalue weighted by atomic mass is 10.1. The minimum Gasteiger partial charge on any atom is -0.380 e. The number of rotatable bonds is 7. The smallest absolute Gasteiger partial charge is 0.273 e. The second-order valence-electron chi connectivity index (χ2n) is 5.28. The fourth-order valence-corrected chi connectivity index (χ4v) is 3.25. The van der Waals surface area contributed by atoms with Gasteiger partial charge in [0, 0.05) is 25.3 Å². The van der Waals surface area contributed by atoms with E-state index in [0.29, 0.717) is 12.2 Å². The van der Waals surface area contributed by atoms with E-state index in [4.69, 9.17) is 4.74 Å². The number of nitro benzene ring substituents is 1. The van der Waals surface area contributed by atoms with Crippen LogP contribution in [-0.4, -0.2) is 20.5 Å². The zero-order chi connectivity index (χ0) is 17.7. The molecule has 0 amide bonds. The number of hydrogen-bond acceptors (Lipinski definition) is 5. The maximum absolute atomic E-state index is 12.3. The van der Waals surface area contributed by atoms with Gasteiger partial charge in [-0.05, 0) is 24.1 Å². The second-order valence-corrected chi connectivity index (χ2v) is 7.05. The molecule has 2 rings (SSSR count). The Bertz CT molecular complexity index is 849. The van der Waals surface area contributed by atoms with Crippen molar-refractivity contribution in [1.29, 1.82) is 0 Å². The number of benzene rings is 2. The molecule has 0 atom stereocenters. The molecule has 0 aliphatic carbocycles. The van der Waals surface area contributed by atoms with Crippen LogP contribution in [0.2, 0.25) is 0 Å². The van der Waals surface area contributed by atoms with Gasteiger partial charge >= 0.3 is 0 Å². The third-order valence-electron chi connectivity index (χ3n) is 3.46. The van der Waals surface area contributed by atoms with E-state index in [-0.39, 0.29) is 17.1 Å². The molecular weight excluding hydrogens is 332 g/mol. The lowest BCUT2D eigenvalue weighted by molar-refractivity contribution is -0.385. The summed E-state index contributed by atoms with van der Waals surface area (Å²) in [6.45, 7) is 2.08. The van der Waals surface area contributed by atoms with E-state index in [1.165, 1.54) is 12.1 Å². The molecule has 128 valence electrons. The molecule has 2 aromatic carbocycles. The summed E-state index contributed by atoms with van der Waals surface area (Å²) in [6.07, 6.45) is 0. The molecule has 2 aromatic rings. The topological polar surface area (TPSA) is 98.5 Å². The molecule has 0 saturated carbocycles. The average Bonchev–Trinajstić information content (AvgIpc) is 2.54. The summed E-state index contributed by atoms with van der Waals surface area (Å²) < 4.78 is 32.2. The van der Waals surface area contributed by atoms with Crippen molar-refractivity contribution in [2.45, 2.75) is 25.0 Å². The highest BCUT2D eigenvalue weighted by Gasteiger charge is 2.19. The Kier molecular flexibility index (Phi) is 5.66. The van der Waals surface area contributed by atoms with Crippen molar-refractivity contribution in [2.24, 2.45) is 0 Å². The maximum atomic E-state index is 12.3. The summed E-state index contributed by atoms with van der Waals surface area (Å²) in [5, 5.41) is 11.0. The molecule has 0 heterocycles. The van der Waals surface area contributed by atoms with Gasteiger partial charge in [-0.15, -0.1) is 0 Å². The van der Waals surface area contributed by atoms with Crippen LogP contribution in [0.3, 0.4) is 0 Å². The fraction of sp³-hybridized carbons (Fsp3) is 0.250. The normalized spacial score (nSPS) is 11.4. The molecule has 1 N–H and O–H groups in total. The zero-order valence-corrected chi connectivity index (χ0v) is 14.2. The van der Waals surface area contributed by atoms with Crippen LogP contribution in [0.15, 0.2) is 47.4 Å². The van der Waals surface area contributed by atoms with Crippen molar-refractivity contribution in [3.63, 3.8) is 0 Å². The first-order valence-electron chi connectivity index (χ1n) is 7.15. The van der Waals surface area contributed by atoms with Gasteiger partial charge in [0.25, 0.3) is 5.69 Å². The van der Waals surface area contributed by atoms with Gasteiger partial charge in [0.2, 0.25) is 10.0 Å². The SMILES string of the molecule is COCc1cccc(CNS(=O)(=O)c2ccc(C)c([N+](=O)[O-])c2)c1. The predicted molar refractivity (Wildman–Crippen MR) is 89.0 cm³/mol. The first-order chi connectivity index (χ1) is 11.3. The lowest BCUT2D eigenvalue weighted by Gasteiger charge is -2.09. The van der Waals surface area contributed by atoms with Crippen LogP contribution in [0, 0.1) is 17.0 Å². The van der Waals surface area contributed by atoms with E-state index in [1.54, 1.807) is 20.1 Å². The summed E-state index contributed by atoms with van der Waals surface area (Å²) in [7, 11) is -2.26. The highest BCUT2D eigenvalue weighted by Crippen LogP contribution is 2.22. The van der Waals surface area contributed by atoms with Crippen molar-refractivity contribution in [3.8, 4) is 0 Å². The lowest BCUT2D eigenvalue weighted by Crippen LogP contribution is -2.23. The molecular formula is C16H18N2O5S. The molecule has 8 heteroatoms. The average molecular weight is 350 g/mol. The van der Waals surface area contributed by atoms with Crippen molar-refractivity contribution < 1.29 is 18.1 Å². The number of nitrogens with one attached hydrogen (secondary N) is 1. The van der Waals surface area contributed by atoms with Crippen molar-refractivity contribution in [3.05, 3.63) is 69.3 Å². The minimum absolute atomic E-state index is 0.0849. The summed E-state index contributed by atoms with van der Waals surface area (Å²) in [5.74, 6) is 0. The predicted octanol–water partition coefficient (Wildman–Crippen LogP) is 2.53. The highest BCUT2D eigenvalue weighted by molar-refractivity contribution is 7.89. The molecule has 24 heavy (non-hydrogen) atoms. The van der Waals surface area contributed by atoms with Crippen LogP contribution in [0.25, 0.3) is 0 Å². The summed E-state index contributed by atoms with van der Waals surface area (Å²) in [4.78, 5) is 10.2. The van der Waals surface area contributed by atoms with Gasteiger partial charge in [0.1, 0.15) is 0 Å². The zero-order valence-electron chi connectivity index (χ0n) is 13.4. The number of hydrogen-bond donors (Lipinski definition) is 1.